The second-order valence-electron chi connectivity index (χ2n) is 7.97. The number of ether oxygens (including phenoxy) is 1. The van der Waals surface area contributed by atoms with Crippen molar-refractivity contribution >= 4 is 17.5 Å². The van der Waals surface area contributed by atoms with Crippen LogP contribution in [0.3, 0.4) is 0 Å². The second-order valence-corrected chi connectivity index (χ2v) is 7.97. The molecule has 3 aromatic rings. The molecule has 1 aliphatic heterocycles. The molecule has 0 unspecified atom stereocenters. The Morgan fingerprint density at radius 3 is 2.52 bits per heavy atom. The highest BCUT2D eigenvalue weighted by Gasteiger charge is 2.31. The highest BCUT2D eigenvalue weighted by Crippen LogP contribution is 2.34. The van der Waals surface area contributed by atoms with Gasteiger partial charge < -0.3 is 15.0 Å². The molecule has 1 aliphatic rings. The second kappa shape index (κ2) is 8.64. The van der Waals surface area contributed by atoms with E-state index in [0.29, 0.717) is 17.7 Å². The van der Waals surface area contributed by atoms with E-state index in [1.807, 2.05) is 48.2 Å². The van der Waals surface area contributed by atoms with Crippen LogP contribution in [0.25, 0.3) is 0 Å². The standard InChI is InChI=1S/C26H26N2O3/c1-17-5-4-6-22(13-17)25(29)27-16-19-7-8-21-14-18(2)28(24(21)15-19)26(30)20-9-11-23(31-3)12-10-20/h4-13,15,18H,14,16H2,1-3H3,(H,27,29)/t18-/m1/s1. The van der Waals surface area contributed by atoms with Crippen molar-refractivity contribution in [3.05, 3.63) is 94.5 Å². The fourth-order valence-electron chi connectivity index (χ4n) is 4.02. The molecule has 0 spiro atoms. The Labute approximate surface area is 182 Å². The van der Waals surface area contributed by atoms with E-state index >= 15 is 0 Å². The molecule has 0 saturated carbocycles. The number of rotatable bonds is 5. The van der Waals surface area contributed by atoms with Crippen LogP contribution in [0, 0.1) is 6.92 Å². The summed E-state index contributed by atoms with van der Waals surface area (Å²) in [6, 6.07) is 20.9. The van der Waals surface area contributed by atoms with Gasteiger partial charge in [0.2, 0.25) is 0 Å². The molecule has 5 nitrogen and oxygen atoms in total. The van der Waals surface area contributed by atoms with Gasteiger partial charge in [-0.25, -0.2) is 0 Å². The molecule has 2 amide bonds. The van der Waals surface area contributed by atoms with Crippen LogP contribution >= 0.6 is 0 Å². The van der Waals surface area contributed by atoms with Crippen molar-refractivity contribution in [1.29, 1.82) is 0 Å². The lowest BCUT2D eigenvalue weighted by Gasteiger charge is -2.23. The lowest BCUT2D eigenvalue weighted by Crippen LogP contribution is -2.35. The summed E-state index contributed by atoms with van der Waals surface area (Å²) in [5.41, 5.74) is 5.33. The van der Waals surface area contributed by atoms with Crippen LogP contribution in [0.5, 0.6) is 5.75 Å². The number of hydrogen-bond acceptors (Lipinski definition) is 3. The number of methoxy groups -OCH3 is 1. The molecule has 0 aromatic heterocycles. The van der Waals surface area contributed by atoms with E-state index in [1.54, 1.807) is 31.4 Å². The summed E-state index contributed by atoms with van der Waals surface area (Å²) in [7, 11) is 1.61. The molecule has 5 heteroatoms. The minimum absolute atomic E-state index is 0.0325. The summed E-state index contributed by atoms with van der Waals surface area (Å²) in [6.45, 7) is 4.42. The van der Waals surface area contributed by atoms with Crippen molar-refractivity contribution in [2.45, 2.75) is 32.9 Å². The minimum atomic E-state index is -0.108. The third-order valence-corrected chi connectivity index (χ3v) is 5.65. The summed E-state index contributed by atoms with van der Waals surface area (Å²) in [6.07, 6.45) is 0.813. The van der Waals surface area contributed by atoms with E-state index in [-0.39, 0.29) is 17.9 Å². The molecule has 0 radical (unpaired) electrons. The van der Waals surface area contributed by atoms with Gasteiger partial charge in [0.25, 0.3) is 11.8 Å². The number of benzene rings is 3. The van der Waals surface area contributed by atoms with Crippen LogP contribution in [0.1, 0.15) is 44.3 Å². The number of carbonyl (C=O) groups is 2. The van der Waals surface area contributed by atoms with Crippen molar-refractivity contribution in [2.75, 3.05) is 12.0 Å². The molecule has 0 fully saturated rings. The van der Waals surface area contributed by atoms with E-state index in [0.717, 1.165) is 34.5 Å². The number of amides is 2. The van der Waals surface area contributed by atoms with Crippen LogP contribution in [-0.4, -0.2) is 25.0 Å². The van der Waals surface area contributed by atoms with Crippen molar-refractivity contribution in [1.82, 2.24) is 5.32 Å². The molecule has 1 heterocycles. The number of aryl methyl sites for hydroxylation is 1. The number of carbonyl (C=O) groups excluding carboxylic acids is 2. The first-order valence-corrected chi connectivity index (χ1v) is 10.4. The SMILES string of the molecule is COc1ccc(C(=O)N2c3cc(CNC(=O)c4cccc(C)c4)ccc3C[C@H]2C)cc1. The first kappa shape index (κ1) is 20.7. The van der Waals surface area contributed by atoms with Gasteiger partial charge in [0.05, 0.1) is 7.11 Å². The third-order valence-electron chi connectivity index (χ3n) is 5.65. The molecule has 0 saturated heterocycles. The molecule has 31 heavy (non-hydrogen) atoms. The number of fused-ring (bicyclic) bond motifs is 1. The van der Waals surface area contributed by atoms with Crippen molar-refractivity contribution in [2.24, 2.45) is 0 Å². The van der Waals surface area contributed by atoms with Gasteiger partial charge in [-0.3, -0.25) is 9.59 Å². The monoisotopic (exact) mass is 414 g/mol. The quantitative estimate of drug-likeness (QED) is 0.668. The van der Waals surface area contributed by atoms with Gasteiger partial charge in [-0.05, 0) is 73.9 Å². The zero-order chi connectivity index (χ0) is 22.0. The average molecular weight is 415 g/mol. The fraction of sp³-hybridized carbons (Fsp3) is 0.231. The first-order valence-electron chi connectivity index (χ1n) is 10.4. The van der Waals surface area contributed by atoms with Crippen molar-refractivity contribution in [3.8, 4) is 5.75 Å². The summed E-state index contributed by atoms with van der Waals surface area (Å²) in [5.74, 6) is 0.580. The zero-order valence-corrected chi connectivity index (χ0v) is 18.0. The normalized spacial score (nSPS) is 14.8. The van der Waals surface area contributed by atoms with Crippen LogP contribution < -0.4 is 15.0 Å². The van der Waals surface area contributed by atoms with Gasteiger partial charge in [0.15, 0.2) is 0 Å². The molecule has 1 atom stereocenters. The fourth-order valence-corrected chi connectivity index (χ4v) is 4.02. The maximum absolute atomic E-state index is 13.2. The smallest absolute Gasteiger partial charge is 0.258 e. The Kier molecular flexibility index (Phi) is 5.76. The topological polar surface area (TPSA) is 58.6 Å². The van der Waals surface area contributed by atoms with E-state index in [4.69, 9.17) is 4.74 Å². The number of nitrogens with zero attached hydrogens (tertiary/aromatic N) is 1. The van der Waals surface area contributed by atoms with Gasteiger partial charge in [-0.1, -0.05) is 29.8 Å². The highest BCUT2D eigenvalue weighted by molar-refractivity contribution is 6.07. The maximum Gasteiger partial charge on any atom is 0.258 e. The van der Waals surface area contributed by atoms with Gasteiger partial charge in [-0.2, -0.15) is 0 Å². The van der Waals surface area contributed by atoms with Gasteiger partial charge in [0.1, 0.15) is 5.75 Å². The Morgan fingerprint density at radius 1 is 1.03 bits per heavy atom. The van der Waals surface area contributed by atoms with E-state index in [1.165, 1.54) is 0 Å². The molecular weight excluding hydrogens is 388 g/mol. The Morgan fingerprint density at radius 2 is 1.81 bits per heavy atom. The van der Waals surface area contributed by atoms with Crippen LogP contribution in [0.15, 0.2) is 66.7 Å². The van der Waals surface area contributed by atoms with E-state index in [2.05, 4.69) is 18.3 Å². The molecule has 1 N–H and O–H groups in total. The van der Waals surface area contributed by atoms with Crippen molar-refractivity contribution in [3.63, 3.8) is 0 Å². The number of anilines is 1. The Balaban J connectivity index is 1.52. The third kappa shape index (κ3) is 4.31. The summed E-state index contributed by atoms with van der Waals surface area (Å²) < 4.78 is 5.19. The summed E-state index contributed by atoms with van der Waals surface area (Å²) >= 11 is 0. The lowest BCUT2D eigenvalue weighted by atomic mass is 10.1. The van der Waals surface area contributed by atoms with E-state index < -0.39 is 0 Å². The largest absolute Gasteiger partial charge is 0.497 e. The van der Waals surface area contributed by atoms with Crippen molar-refractivity contribution < 1.29 is 14.3 Å². The predicted octanol–water partition coefficient (Wildman–Crippen LogP) is 4.53. The summed E-state index contributed by atoms with van der Waals surface area (Å²) in [4.78, 5) is 27.6. The maximum atomic E-state index is 13.2. The van der Waals surface area contributed by atoms with E-state index in [9.17, 15) is 9.59 Å². The van der Waals surface area contributed by atoms with Crippen LogP contribution in [0.2, 0.25) is 0 Å². The minimum Gasteiger partial charge on any atom is -0.497 e. The number of hydrogen-bond donors (Lipinski definition) is 1. The molecule has 158 valence electrons. The average Bonchev–Trinajstić information content (AvgIpc) is 3.12. The summed E-state index contributed by atoms with van der Waals surface area (Å²) in [5, 5.41) is 2.98. The molecule has 0 bridgehead atoms. The van der Waals surface area contributed by atoms with Gasteiger partial charge in [0, 0.05) is 29.4 Å². The van der Waals surface area contributed by atoms with Crippen LogP contribution in [0.4, 0.5) is 5.69 Å². The molecule has 0 aliphatic carbocycles. The van der Waals surface area contributed by atoms with Crippen LogP contribution in [-0.2, 0) is 13.0 Å². The predicted molar refractivity (Wildman–Crippen MR) is 122 cm³/mol. The molecule has 4 rings (SSSR count). The molecule has 3 aromatic carbocycles. The zero-order valence-electron chi connectivity index (χ0n) is 18.0. The highest BCUT2D eigenvalue weighted by atomic mass is 16.5. The van der Waals surface area contributed by atoms with Gasteiger partial charge >= 0.3 is 0 Å². The van der Waals surface area contributed by atoms with Gasteiger partial charge in [-0.15, -0.1) is 0 Å². The Bertz CT molecular complexity index is 1120. The Hall–Kier alpha value is -3.60. The molecular formula is C26H26N2O3. The first-order chi connectivity index (χ1) is 15.0. The number of nitrogens with one attached hydrogen (secondary N) is 1. The lowest BCUT2D eigenvalue weighted by molar-refractivity contribution is 0.0948.